The van der Waals surface area contributed by atoms with Crippen LogP contribution in [-0.2, 0) is 11.3 Å². The van der Waals surface area contributed by atoms with Gasteiger partial charge in [0.05, 0.1) is 16.8 Å². The third-order valence-corrected chi connectivity index (χ3v) is 3.22. The average molecular weight is 339 g/mol. The Morgan fingerprint density at radius 2 is 2.09 bits per heavy atom. The van der Waals surface area contributed by atoms with Gasteiger partial charge in [-0.3, -0.25) is 0 Å². The lowest BCUT2D eigenvalue weighted by Crippen LogP contribution is -2.06. The number of hydrogen-bond acceptors (Lipinski definition) is 6. The minimum absolute atomic E-state index is 0.143. The zero-order chi connectivity index (χ0) is 15.5. The summed E-state index contributed by atoms with van der Waals surface area (Å²) in [4.78, 5) is 11.9. The van der Waals surface area contributed by atoms with Gasteiger partial charge < -0.3 is 13.6 Å². The molecule has 2 aromatic heterocycles. The first kappa shape index (κ1) is 14.6. The van der Waals surface area contributed by atoms with Gasteiger partial charge in [0.25, 0.3) is 11.8 Å². The van der Waals surface area contributed by atoms with E-state index in [9.17, 15) is 4.79 Å². The molecule has 0 amide bonds. The third kappa shape index (κ3) is 3.13. The fourth-order valence-electron chi connectivity index (χ4n) is 1.67. The van der Waals surface area contributed by atoms with Gasteiger partial charge in [-0.1, -0.05) is 23.2 Å². The normalized spacial score (nSPS) is 10.6. The van der Waals surface area contributed by atoms with E-state index in [1.807, 2.05) is 0 Å². The van der Waals surface area contributed by atoms with Crippen molar-refractivity contribution in [2.75, 3.05) is 0 Å². The molecule has 22 heavy (non-hydrogen) atoms. The second-order valence-electron chi connectivity index (χ2n) is 4.18. The number of aromatic nitrogens is 2. The van der Waals surface area contributed by atoms with Crippen molar-refractivity contribution in [1.82, 2.24) is 10.2 Å². The molecule has 0 fully saturated rings. The highest BCUT2D eigenvalue weighted by Crippen LogP contribution is 2.22. The highest BCUT2D eigenvalue weighted by molar-refractivity contribution is 6.36. The predicted octanol–water partition coefficient (Wildman–Crippen LogP) is 3.99. The van der Waals surface area contributed by atoms with Gasteiger partial charge in [-0.25, -0.2) is 4.79 Å². The third-order valence-electron chi connectivity index (χ3n) is 2.68. The van der Waals surface area contributed by atoms with Crippen LogP contribution in [0.3, 0.4) is 0 Å². The molecule has 0 aliphatic rings. The summed E-state index contributed by atoms with van der Waals surface area (Å²) < 4.78 is 15.5. The van der Waals surface area contributed by atoms with Crippen molar-refractivity contribution in [1.29, 1.82) is 0 Å². The molecule has 3 rings (SSSR count). The van der Waals surface area contributed by atoms with Crippen LogP contribution < -0.4 is 0 Å². The smallest absolute Gasteiger partial charge is 0.340 e. The molecule has 0 atom stereocenters. The largest absolute Gasteiger partial charge is 0.459 e. The lowest BCUT2D eigenvalue weighted by Gasteiger charge is -2.04. The van der Waals surface area contributed by atoms with Crippen molar-refractivity contribution >= 4 is 29.2 Å². The maximum absolute atomic E-state index is 11.9. The SMILES string of the molecule is O=C(OCc1nnc(-c2ccco2)o1)c1ccc(Cl)cc1Cl. The van der Waals surface area contributed by atoms with E-state index in [0.29, 0.717) is 10.8 Å². The van der Waals surface area contributed by atoms with Crippen molar-refractivity contribution < 1.29 is 18.4 Å². The zero-order valence-corrected chi connectivity index (χ0v) is 12.5. The lowest BCUT2D eigenvalue weighted by molar-refractivity contribution is 0.0439. The molecule has 0 N–H and O–H groups in total. The number of nitrogens with zero attached hydrogens (tertiary/aromatic N) is 2. The van der Waals surface area contributed by atoms with Gasteiger partial charge in [0, 0.05) is 5.02 Å². The molecule has 0 bridgehead atoms. The highest BCUT2D eigenvalue weighted by atomic mass is 35.5. The van der Waals surface area contributed by atoms with Crippen molar-refractivity contribution in [3.8, 4) is 11.7 Å². The Labute approximate surface area is 134 Å². The van der Waals surface area contributed by atoms with Crippen LogP contribution in [0, 0.1) is 0 Å². The van der Waals surface area contributed by atoms with Crippen LogP contribution in [0.4, 0.5) is 0 Å². The Morgan fingerprint density at radius 1 is 1.23 bits per heavy atom. The molecule has 1 aromatic carbocycles. The molecule has 0 saturated carbocycles. The van der Waals surface area contributed by atoms with Crippen LogP contribution in [0.25, 0.3) is 11.7 Å². The monoisotopic (exact) mass is 338 g/mol. The summed E-state index contributed by atoms with van der Waals surface area (Å²) in [6, 6.07) is 7.86. The average Bonchev–Trinajstić information content (AvgIpc) is 3.16. The van der Waals surface area contributed by atoms with E-state index >= 15 is 0 Å². The fraction of sp³-hybridized carbons (Fsp3) is 0.0714. The standard InChI is InChI=1S/C14H8Cl2N2O4/c15-8-3-4-9(10(16)6-8)14(19)21-7-12-17-18-13(22-12)11-2-1-5-20-11/h1-6H,7H2. The van der Waals surface area contributed by atoms with E-state index in [1.165, 1.54) is 18.4 Å². The first-order valence-electron chi connectivity index (χ1n) is 6.12. The zero-order valence-electron chi connectivity index (χ0n) is 11.0. The molecule has 0 aliphatic carbocycles. The van der Waals surface area contributed by atoms with Gasteiger partial charge in [0.2, 0.25) is 0 Å². The van der Waals surface area contributed by atoms with E-state index in [0.717, 1.165) is 0 Å². The van der Waals surface area contributed by atoms with Gasteiger partial charge in [-0.15, -0.1) is 10.2 Å². The van der Waals surface area contributed by atoms with Gasteiger partial charge in [-0.2, -0.15) is 0 Å². The quantitative estimate of drug-likeness (QED) is 0.669. The summed E-state index contributed by atoms with van der Waals surface area (Å²) in [6.45, 7) is -0.175. The number of halogens is 2. The summed E-state index contributed by atoms with van der Waals surface area (Å²) in [5, 5.41) is 8.20. The van der Waals surface area contributed by atoms with Crippen LogP contribution in [0.15, 0.2) is 45.4 Å². The van der Waals surface area contributed by atoms with Gasteiger partial charge in [-0.05, 0) is 30.3 Å². The van der Waals surface area contributed by atoms with E-state index in [1.54, 1.807) is 18.2 Å². The second kappa shape index (κ2) is 6.21. The molecular formula is C14H8Cl2N2O4. The molecule has 3 aromatic rings. The Morgan fingerprint density at radius 3 is 2.82 bits per heavy atom. The van der Waals surface area contributed by atoms with Crippen LogP contribution >= 0.6 is 23.2 Å². The summed E-state index contributed by atoms with van der Waals surface area (Å²) in [5.74, 6) is 0.177. The lowest BCUT2D eigenvalue weighted by atomic mass is 10.2. The van der Waals surface area contributed by atoms with Crippen LogP contribution in [-0.4, -0.2) is 16.2 Å². The summed E-state index contributed by atoms with van der Waals surface area (Å²) >= 11 is 11.7. The minimum Gasteiger partial charge on any atom is -0.459 e. The first-order valence-corrected chi connectivity index (χ1v) is 6.87. The maximum Gasteiger partial charge on any atom is 0.340 e. The maximum atomic E-state index is 11.9. The molecule has 6 nitrogen and oxygen atoms in total. The van der Waals surface area contributed by atoms with Crippen LogP contribution in [0.1, 0.15) is 16.2 Å². The highest BCUT2D eigenvalue weighted by Gasteiger charge is 2.15. The number of furan rings is 1. The van der Waals surface area contributed by atoms with Crippen LogP contribution in [0.5, 0.6) is 0 Å². The second-order valence-corrected chi connectivity index (χ2v) is 5.02. The Balaban J connectivity index is 1.66. The minimum atomic E-state index is -0.612. The molecule has 0 spiro atoms. The summed E-state index contributed by atoms with van der Waals surface area (Å²) in [7, 11) is 0. The van der Waals surface area contributed by atoms with Gasteiger partial charge in [0.1, 0.15) is 0 Å². The van der Waals surface area contributed by atoms with Gasteiger partial charge in [0.15, 0.2) is 12.4 Å². The Hall–Kier alpha value is -2.31. The van der Waals surface area contributed by atoms with Gasteiger partial charge >= 0.3 is 5.97 Å². The van der Waals surface area contributed by atoms with E-state index in [-0.39, 0.29) is 29.0 Å². The number of hydrogen-bond donors (Lipinski definition) is 0. The molecule has 0 saturated heterocycles. The fourth-order valence-corrected chi connectivity index (χ4v) is 2.16. The van der Waals surface area contributed by atoms with Crippen molar-refractivity contribution in [3.05, 3.63) is 58.1 Å². The molecule has 8 heteroatoms. The van der Waals surface area contributed by atoms with Crippen molar-refractivity contribution in [2.45, 2.75) is 6.61 Å². The molecular weight excluding hydrogens is 331 g/mol. The summed E-state index contributed by atoms with van der Waals surface area (Å²) in [5.41, 5.74) is 0.205. The molecule has 0 unspecified atom stereocenters. The van der Waals surface area contributed by atoms with Crippen molar-refractivity contribution in [2.24, 2.45) is 0 Å². The number of ether oxygens (including phenoxy) is 1. The van der Waals surface area contributed by atoms with E-state index < -0.39 is 5.97 Å². The Kier molecular flexibility index (Phi) is 4.13. The summed E-state index contributed by atoms with van der Waals surface area (Å²) in [6.07, 6.45) is 1.49. The van der Waals surface area contributed by atoms with E-state index in [2.05, 4.69) is 10.2 Å². The topological polar surface area (TPSA) is 78.4 Å². The predicted molar refractivity (Wildman–Crippen MR) is 77.6 cm³/mol. The number of carbonyl (C=O) groups excluding carboxylic acids is 1. The van der Waals surface area contributed by atoms with Crippen molar-refractivity contribution in [3.63, 3.8) is 0 Å². The molecule has 112 valence electrons. The molecule has 0 aliphatic heterocycles. The number of rotatable bonds is 4. The number of esters is 1. The number of carbonyl (C=O) groups is 1. The Bertz CT molecular complexity index is 799. The first-order chi connectivity index (χ1) is 10.6. The number of benzene rings is 1. The molecule has 0 radical (unpaired) electrons. The van der Waals surface area contributed by atoms with E-state index in [4.69, 9.17) is 36.8 Å². The molecule has 2 heterocycles. The van der Waals surface area contributed by atoms with Crippen LogP contribution in [0.2, 0.25) is 10.0 Å².